The van der Waals surface area contributed by atoms with Crippen molar-refractivity contribution in [2.75, 3.05) is 13.1 Å². The van der Waals surface area contributed by atoms with Gasteiger partial charge in [0.1, 0.15) is 0 Å². The number of nitrogens with zero attached hydrogens (tertiary/aromatic N) is 2. The summed E-state index contributed by atoms with van der Waals surface area (Å²) in [6, 6.07) is 0. The molecule has 6 nitrogen and oxygen atoms in total. The van der Waals surface area contributed by atoms with Gasteiger partial charge >= 0.3 is 6.09 Å². The van der Waals surface area contributed by atoms with Gasteiger partial charge in [-0.2, -0.15) is 5.10 Å². The molecule has 0 aromatic heterocycles. The average molecular weight is 227 g/mol. The van der Waals surface area contributed by atoms with E-state index in [1.165, 1.54) is 5.01 Å². The molecule has 0 unspecified atom stereocenters. The predicted octanol–water partition coefficient (Wildman–Crippen LogP) is 1.03. The smallest absolute Gasteiger partial charge is 0.404 e. The number of carbonyl (C=O) groups is 2. The standard InChI is InChI=1S/C10H17N3O3/c1-2-3-6-13-9(14)7-8(12-13)4-5-11-10(15)16/h11H,2-7H2,1H3,(H,15,16). The van der Waals surface area contributed by atoms with Crippen LogP contribution >= 0.6 is 0 Å². The number of hydrazone groups is 1. The van der Waals surface area contributed by atoms with Gasteiger partial charge in [-0.05, 0) is 6.42 Å². The van der Waals surface area contributed by atoms with E-state index in [0.29, 0.717) is 25.9 Å². The second-order valence-corrected chi connectivity index (χ2v) is 3.70. The summed E-state index contributed by atoms with van der Waals surface area (Å²) in [4.78, 5) is 21.7. The zero-order valence-electron chi connectivity index (χ0n) is 9.40. The third kappa shape index (κ3) is 3.88. The van der Waals surface area contributed by atoms with Crippen LogP contribution in [0.15, 0.2) is 5.10 Å². The van der Waals surface area contributed by atoms with Crippen molar-refractivity contribution in [1.29, 1.82) is 0 Å². The van der Waals surface area contributed by atoms with E-state index in [0.717, 1.165) is 18.6 Å². The Morgan fingerprint density at radius 3 is 3.00 bits per heavy atom. The molecule has 0 bridgehead atoms. The number of amides is 2. The van der Waals surface area contributed by atoms with E-state index in [1.807, 2.05) is 0 Å². The van der Waals surface area contributed by atoms with Crippen LogP contribution in [0.5, 0.6) is 0 Å². The molecule has 0 atom stereocenters. The summed E-state index contributed by atoms with van der Waals surface area (Å²) in [5, 5.41) is 16.3. The maximum absolute atomic E-state index is 11.5. The minimum atomic E-state index is -1.05. The van der Waals surface area contributed by atoms with E-state index in [4.69, 9.17) is 5.11 Å². The molecule has 1 aliphatic rings. The molecule has 1 aliphatic heterocycles. The molecular formula is C10H17N3O3. The SMILES string of the molecule is CCCCN1N=C(CCNC(=O)O)CC1=O. The number of hydrogen-bond donors (Lipinski definition) is 2. The van der Waals surface area contributed by atoms with Crippen molar-refractivity contribution in [2.45, 2.75) is 32.6 Å². The minimum Gasteiger partial charge on any atom is -0.465 e. The maximum Gasteiger partial charge on any atom is 0.404 e. The first kappa shape index (κ1) is 12.5. The molecule has 0 radical (unpaired) electrons. The van der Waals surface area contributed by atoms with E-state index >= 15 is 0 Å². The van der Waals surface area contributed by atoms with Gasteiger partial charge in [0.2, 0.25) is 5.91 Å². The van der Waals surface area contributed by atoms with E-state index in [-0.39, 0.29) is 5.91 Å². The Kier molecular flexibility index (Phi) is 4.75. The summed E-state index contributed by atoms with van der Waals surface area (Å²) >= 11 is 0. The third-order valence-electron chi connectivity index (χ3n) is 2.32. The molecular weight excluding hydrogens is 210 g/mol. The normalized spacial score (nSPS) is 15.2. The molecule has 0 aliphatic carbocycles. The summed E-state index contributed by atoms with van der Waals surface area (Å²) in [6.45, 7) is 3.02. The van der Waals surface area contributed by atoms with Crippen molar-refractivity contribution in [3.8, 4) is 0 Å². The molecule has 6 heteroatoms. The van der Waals surface area contributed by atoms with Gasteiger partial charge in [-0.1, -0.05) is 13.3 Å². The molecule has 0 spiro atoms. The number of unbranched alkanes of at least 4 members (excludes halogenated alkanes) is 1. The first-order chi connectivity index (χ1) is 7.63. The molecule has 1 heterocycles. The summed E-state index contributed by atoms with van der Waals surface area (Å²) in [7, 11) is 0. The molecule has 0 saturated heterocycles. The summed E-state index contributed by atoms with van der Waals surface area (Å²) < 4.78 is 0. The van der Waals surface area contributed by atoms with Crippen LogP contribution in [0.25, 0.3) is 0 Å². The van der Waals surface area contributed by atoms with Crippen molar-refractivity contribution >= 4 is 17.7 Å². The fraction of sp³-hybridized carbons (Fsp3) is 0.700. The second kappa shape index (κ2) is 6.09. The van der Waals surface area contributed by atoms with E-state index in [9.17, 15) is 9.59 Å². The highest BCUT2D eigenvalue weighted by Gasteiger charge is 2.22. The Hall–Kier alpha value is -1.59. The molecule has 16 heavy (non-hydrogen) atoms. The monoisotopic (exact) mass is 227 g/mol. The highest BCUT2D eigenvalue weighted by atomic mass is 16.4. The van der Waals surface area contributed by atoms with Crippen LogP contribution in [0.1, 0.15) is 32.6 Å². The lowest BCUT2D eigenvalue weighted by atomic mass is 10.2. The second-order valence-electron chi connectivity index (χ2n) is 3.70. The Morgan fingerprint density at radius 1 is 1.62 bits per heavy atom. The van der Waals surface area contributed by atoms with E-state index in [1.54, 1.807) is 0 Å². The highest BCUT2D eigenvalue weighted by molar-refractivity contribution is 6.05. The molecule has 0 saturated carbocycles. The molecule has 0 fully saturated rings. The number of carbonyl (C=O) groups excluding carboxylic acids is 1. The number of rotatable bonds is 6. The summed E-state index contributed by atoms with van der Waals surface area (Å²) in [5.74, 6) is 0.0128. The quantitative estimate of drug-likeness (QED) is 0.711. The van der Waals surface area contributed by atoms with Gasteiger partial charge in [-0.15, -0.1) is 0 Å². The van der Waals surface area contributed by atoms with Crippen molar-refractivity contribution in [3.05, 3.63) is 0 Å². The molecule has 2 N–H and O–H groups in total. The van der Waals surface area contributed by atoms with Crippen LogP contribution in [-0.4, -0.2) is 40.9 Å². The van der Waals surface area contributed by atoms with Crippen LogP contribution in [-0.2, 0) is 4.79 Å². The lowest BCUT2D eigenvalue weighted by Crippen LogP contribution is -2.23. The molecule has 1 rings (SSSR count). The Labute approximate surface area is 94.3 Å². The lowest BCUT2D eigenvalue weighted by molar-refractivity contribution is -0.128. The van der Waals surface area contributed by atoms with Gasteiger partial charge in [-0.3, -0.25) is 4.79 Å². The third-order valence-corrected chi connectivity index (χ3v) is 2.32. The van der Waals surface area contributed by atoms with Crippen LogP contribution in [0, 0.1) is 0 Å². The Bertz CT molecular complexity index is 302. The fourth-order valence-electron chi connectivity index (χ4n) is 1.46. The number of hydrogen-bond acceptors (Lipinski definition) is 3. The van der Waals surface area contributed by atoms with Gasteiger partial charge in [-0.25, -0.2) is 9.80 Å². The van der Waals surface area contributed by atoms with Crippen LogP contribution in [0.2, 0.25) is 0 Å². The minimum absolute atomic E-state index is 0.0128. The lowest BCUT2D eigenvalue weighted by Gasteiger charge is -2.09. The van der Waals surface area contributed by atoms with E-state index < -0.39 is 6.09 Å². The molecule has 0 aromatic carbocycles. The Morgan fingerprint density at radius 2 is 2.38 bits per heavy atom. The van der Waals surface area contributed by atoms with Crippen molar-refractivity contribution in [2.24, 2.45) is 5.10 Å². The predicted molar refractivity (Wildman–Crippen MR) is 59.3 cm³/mol. The summed E-state index contributed by atoms with van der Waals surface area (Å²) in [6.07, 6.45) is 1.74. The van der Waals surface area contributed by atoms with Gasteiger partial charge in [0.15, 0.2) is 0 Å². The van der Waals surface area contributed by atoms with Crippen molar-refractivity contribution in [3.63, 3.8) is 0 Å². The fourth-order valence-corrected chi connectivity index (χ4v) is 1.46. The largest absolute Gasteiger partial charge is 0.465 e. The van der Waals surface area contributed by atoms with Gasteiger partial charge in [0, 0.05) is 25.2 Å². The van der Waals surface area contributed by atoms with Gasteiger partial charge in [0.25, 0.3) is 0 Å². The Balaban J connectivity index is 2.32. The van der Waals surface area contributed by atoms with Crippen LogP contribution in [0.3, 0.4) is 0 Å². The van der Waals surface area contributed by atoms with Crippen LogP contribution < -0.4 is 5.32 Å². The number of carboxylic acid groups (broad SMARTS) is 1. The zero-order valence-corrected chi connectivity index (χ0v) is 9.40. The summed E-state index contributed by atoms with van der Waals surface area (Å²) in [5.41, 5.74) is 0.759. The maximum atomic E-state index is 11.5. The van der Waals surface area contributed by atoms with Crippen molar-refractivity contribution < 1.29 is 14.7 Å². The molecule has 2 amide bonds. The highest BCUT2D eigenvalue weighted by Crippen LogP contribution is 2.11. The molecule has 0 aromatic rings. The molecule has 90 valence electrons. The average Bonchev–Trinajstić information content (AvgIpc) is 2.56. The van der Waals surface area contributed by atoms with Gasteiger partial charge < -0.3 is 10.4 Å². The first-order valence-corrected chi connectivity index (χ1v) is 5.47. The van der Waals surface area contributed by atoms with E-state index in [2.05, 4.69) is 17.3 Å². The number of nitrogens with one attached hydrogen (secondary N) is 1. The van der Waals surface area contributed by atoms with Gasteiger partial charge in [0.05, 0.1) is 6.42 Å². The topological polar surface area (TPSA) is 82.0 Å². The zero-order chi connectivity index (χ0) is 12.0. The van der Waals surface area contributed by atoms with Crippen molar-refractivity contribution in [1.82, 2.24) is 10.3 Å². The first-order valence-electron chi connectivity index (χ1n) is 5.47. The van der Waals surface area contributed by atoms with Crippen LogP contribution in [0.4, 0.5) is 4.79 Å².